The van der Waals surface area contributed by atoms with Crippen LogP contribution in [-0.2, 0) is 48.0 Å². The lowest BCUT2D eigenvalue weighted by molar-refractivity contribution is -0.157. The fourth-order valence-electron chi connectivity index (χ4n) is 12.6. The van der Waals surface area contributed by atoms with E-state index in [0.717, 1.165) is 76.5 Å². The van der Waals surface area contributed by atoms with Crippen molar-refractivity contribution >= 4 is 57.6 Å². The summed E-state index contributed by atoms with van der Waals surface area (Å²) >= 11 is 1.40. The molecule has 1 aromatic carbocycles. The zero-order valence-electron chi connectivity index (χ0n) is 48.3. The third kappa shape index (κ3) is 11.9. The van der Waals surface area contributed by atoms with Gasteiger partial charge in [-0.2, -0.15) is 0 Å². The summed E-state index contributed by atoms with van der Waals surface area (Å²) in [6.07, 6.45) is 8.63. The number of anilines is 1. The maximum absolute atomic E-state index is 15.5. The van der Waals surface area contributed by atoms with E-state index >= 15 is 9.59 Å². The molecule has 0 unspecified atom stereocenters. The minimum Gasteiger partial charge on any atom is -0.464 e. The highest BCUT2D eigenvalue weighted by atomic mass is 32.1. The molecule has 9 rings (SSSR count). The van der Waals surface area contributed by atoms with Crippen LogP contribution in [0.1, 0.15) is 96.0 Å². The molecule has 2 N–H and O–H groups in total. The monoisotopic (exact) mass is 1120 g/mol. The first-order valence-corrected chi connectivity index (χ1v) is 29.4. The molecule has 5 aliphatic rings. The van der Waals surface area contributed by atoms with Crippen molar-refractivity contribution in [3.05, 3.63) is 76.9 Å². The number of allylic oxidation sites excluding steroid dienone is 1. The Morgan fingerprint density at radius 1 is 1.04 bits per heavy atom. The number of urea groups is 1. The van der Waals surface area contributed by atoms with E-state index in [0.29, 0.717) is 69.8 Å². The van der Waals surface area contributed by atoms with E-state index in [1.54, 1.807) is 30.0 Å². The van der Waals surface area contributed by atoms with E-state index in [4.69, 9.17) is 19.4 Å². The van der Waals surface area contributed by atoms with Crippen molar-refractivity contribution < 1.29 is 37.8 Å². The zero-order chi connectivity index (χ0) is 57.3. The highest BCUT2D eigenvalue weighted by Crippen LogP contribution is 2.44. The number of fused-ring (bicyclic) bond motifs is 6. The number of cyclic esters (lactones) is 1. The smallest absolute Gasteiger partial charge is 0.324 e. The number of halogens is 1. The molecule has 0 aliphatic carbocycles. The Hall–Kier alpha value is -6.22. The van der Waals surface area contributed by atoms with Gasteiger partial charge in [-0.25, -0.2) is 19.6 Å². The van der Waals surface area contributed by atoms with Crippen LogP contribution in [0.5, 0.6) is 0 Å². The zero-order valence-corrected chi connectivity index (χ0v) is 49.1. The number of nitrogens with zero attached hydrogens (tertiary/aromatic N) is 9. The maximum atomic E-state index is 15.5. The van der Waals surface area contributed by atoms with Crippen LogP contribution < -0.4 is 15.6 Å². The van der Waals surface area contributed by atoms with Crippen LogP contribution in [0.2, 0.25) is 0 Å². The fraction of sp³-hybridized carbons (Fsp3) is 0.583. The average Bonchev–Trinajstić information content (AvgIpc) is 4.21. The summed E-state index contributed by atoms with van der Waals surface area (Å²) in [6.45, 7) is 22.2. The highest BCUT2D eigenvalue weighted by molar-refractivity contribution is 7.10. The lowest BCUT2D eigenvalue weighted by Gasteiger charge is -2.54. The second-order valence-electron chi connectivity index (χ2n) is 24.0. The van der Waals surface area contributed by atoms with E-state index in [1.165, 1.54) is 33.4 Å². The van der Waals surface area contributed by atoms with Crippen molar-refractivity contribution in [3.8, 4) is 22.5 Å². The second-order valence-corrected chi connectivity index (χ2v) is 25.0. The number of hydrogen-bond donors (Lipinski definition) is 2. The number of likely N-dealkylation sites (tertiary alicyclic amines) is 2. The van der Waals surface area contributed by atoms with Crippen LogP contribution in [0.3, 0.4) is 0 Å². The summed E-state index contributed by atoms with van der Waals surface area (Å²) < 4.78 is 27.3. The largest absolute Gasteiger partial charge is 0.464 e. The number of carbonyl (C=O) groups is 5. The molecule has 18 nitrogen and oxygen atoms in total. The van der Waals surface area contributed by atoms with Crippen molar-refractivity contribution in [2.75, 3.05) is 98.3 Å². The molecule has 4 saturated heterocycles. The van der Waals surface area contributed by atoms with Crippen LogP contribution in [0, 0.1) is 16.7 Å². The Kier molecular flexibility index (Phi) is 17.6. The number of aryl methyl sites for hydroxylation is 1. The number of hydrazine groups is 1. The molecule has 4 aromatic rings. The summed E-state index contributed by atoms with van der Waals surface area (Å²) in [5.74, 6) is -2.02. The number of piperidine rings is 1. The number of thiazole rings is 1. The number of methoxy groups -OCH3 is 1. The minimum atomic E-state index is -1.64. The first-order chi connectivity index (χ1) is 38.2. The van der Waals surface area contributed by atoms with Gasteiger partial charge in [0.05, 0.1) is 46.7 Å². The van der Waals surface area contributed by atoms with Crippen molar-refractivity contribution in [2.24, 2.45) is 16.7 Å². The van der Waals surface area contributed by atoms with Gasteiger partial charge in [0.1, 0.15) is 24.3 Å². The Morgan fingerprint density at radius 2 is 1.77 bits per heavy atom. The standard InChI is InChI=1S/C60H82FN11O7S/c1-11-19-60(64-54(74)52(39(3)4)67(9)57(77)69-24-20-59(21-25-69)36-70(37-59)50(73)16-13-22-61)33-49-63-47(35-80-49)41-17-18-48-43(30-41)45(32-58(6,7)38-79-55(75)46-15-14-23-72(65-46)56(60)76)53(71(48)12-2)44-31-42(34-62-51(44)40(5)78-10)68-28-26-66(8)27-29-68/h11,13,16-18,30-31,34-35,39-40,46,52,65H,1,12,14-15,19-29,32-33,36-38H2,2-10H3,(H,64,74)/b16-13+/t40-,46-,52-,60-/m0/s1. The maximum Gasteiger partial charge on any atom is 0.324 e. The number of hydrogen-bond acceptors (Lipinski definition) is 13. The molecule has 5 amide bonds. The van der Waals surface area contributed by atoms with Crippen molar-refractivity contribution in [1.29, 1.82) is 0 Å². The predicted molar refractivity (Wildman–Crippen MR) is 310 cm³/mol. The number of carbonyl (C=O) groups excluding carboxylic acids is 5. The third-order valence-electron chi connectivity index (χ3n) is 17.2. The molecule has 80 heavy (non-hydrogen) atoms. The quantitative estimate of drug-likeness (QED) is 0.0771. The summed E-state index contributed by atoms with van der Waals surface area (Å²) in [6, 6.07) is 6.58. The number of aromatic nitrogens is 3. The second kappa shape index (κ2) is 24.1. The molecule has 6 bridgehead atoms. The molecular weight excluding hydrogens is 1040 g/mol. The summed E-state index contributed by atoms with van der Waals surface area (Å²) in [4.78, 5) is 91.9. The van der Waals surface area contributed by atoms with Crippen molar-refractivity contribution in [2.45, 2.75) is 117 Å². The number of esters is 1. The number of rotatable bonds is 13. The molecule has 4 atom stereocenters. The van der Waals surface area contributed by atoms with E-state index < -0.39 is 47.5 Å². The molecule has 8 heterocycles. The topological polar surface area (TPSA) is 178 Å². The molecule has 1 spiro atoms. The number of benzene rings is 1. The average molecular weight is 1120 g/mol. The molecule has 432 valence electrons. The number of ether oxygens (including phenoxy) is 2. The van der Waals surface area contributed by atoms with Crippen LogP contribution in [-0.4, -0.2) is 180 Å². The molecule has 3 aromatic heterocycles. The molecular formula is C60H82FN11O7S. The van der Waals surface area contributed by atoms with Gasteiger partial charge in [-0.15, -0.1) is 17.9 Å². The first kappa shape index (κ1) is 58.4. The number of pyridine rings is 1. The molecule has 0 saturated carbocycles. The first-order valence-electron chi connectivity index (χ1n) is 28.5. The SMILES string of the molecule is C=CC[C@]1(NC(=O)[C@H](C(C)C)N(C)C(=O)N2CCC3(CC2)CN(C(=O)/C=C/CF)C3)Cc2nc(cs2)-c2ccc3c(c2)c(c(-c2cc(N4CCN(C)CC4)cnc2[C@H](C)OC)n3CC)CC(C)(C)COC(=O)[C@@H]2CCCN(N2)C1=O. The summed E-state index contributed by atoms with van der Waals surface area (Å²) in [5, 5.41) is 8.29. The van der Waals surface area contributed by atoms with E-state index in [9.17, 15) is 18.8 Å². The molecule has 5 aliphatic heterocycles. The lowest BCUT2D eigenvalue weighted by Crippen LogP contribution is -2.68. The van der Waals surface area contributed by atoms with Gasteiger partial charge in [-0.1, -0.05) is 39.8 Å². The van der Waals surface area contributed by atoms with Gasteiger partial charge in [0.2, 0.25) is 11.8 Å². The molecule has 4 fully saturated rings. The number of amides is 5. The van der Waals surface area contributed by atoms with Gasteiger partial charge in [0, 0.05) is 130 Å². The Balaban J connectivity index is 1.07. The normalized spacial score (nSPS) is 22.5. The van der Waals surface area contributed by atoms with E-state index in [-0.39, 0.29) is 55.4 Å². The van der Waals surface area contributed by atoms with E-state index in [2.05, 4.69) is 83.8 Å². The van der Waals surface area contributed by atoms with Gasteiger partial charge in [0.25, 0.3) is 5.91 Å². The predicted octanol–water partition coefficient (Wildman–Crippen LogP) is 7.43. The summed E-state index contributed by atoms with van der Waals surface area (Å²) in [5.41, 5.74) is 8.56. The Morgan fingerprint density at radius 3 is 2.45 bits per heavy atom. The number of piperazine rings is 1. The molecule has 20 heteroatoms. The van der Waals surface area contributed by atoms with Gasteiger partial charge in [0.15, 0.2) is 0 Å². The van der Waals surface area contributed by atoms with Crippen molar-refractivity contribution in [3.63, 3.8) is 0 Å². The van der Waals surface area contributed by atoms with Gasteiger partial charge in [-0.05, 0) is 95.2 Å². The van der Waals surface area contributed by atoms with Crippen molar-refractivity contribution in [1.82, 2.24) is 49.9 Å². The Labute approximate surface area is 474 Å². The fourth-order valence-corrected chi connectivity index (χ4v) is 13.5. The molecule has 0 radical (unpaired) electrons. The van der Waals surface area contributed by atoms with Crippen LogP contribution in [0.4, 0.5) is 14.9 Å². The van der Waals surface area contributed by atoms with Gasteiger partial charge in [-0.3, -0.25) is 29.2 Å². The highest BCUT2D eigenvalue weighted by Gasteiger charge is 2.49. The number of alkyl halides is 1. The van der Waals surface area contributed by atoms with Gasteiger partial charge < -0.3 is 43.9 Å². The number of likely N-dealkylation sites (N-methyl/N-ethyl adjacent to an activating group) is 2. The van der Waals surface area contributed by atoms with Crippen LogP contribution in [0.25, 0.3) is 33.4 Å². The van der Waals surface area contributed by atoms with Crippen LogP contribution >= 0.6 is 11.3 Å². The minimum absolute atomic E-state index is 0.00350. The summed E-state index contributed by atoms with van der Waals surface area (Å²) in [7, 11) is 5.49. The lowest BCUT2D eigenvalue weighted by atomic mass is 9.72. The Bertz CT molecular complexity index is 2990. The van der Waals surface area contributed by atoms with Gasteiger partial charge >= 0.3 is 12.0 Å². The number of nitrogens with one attached hydrogen (secondary N) is 2. The van der Waals surface area contributed by atoms with E-state index in [1.807, 2.05) is 32.3 Å². The third-order valence-corrected chi connectivity index (χ3v) is 18.1. The van der Waals surface area contributed by atoms with Crippen LogP contribution in [0.15, 0.2) is 60.6 Å².